The van der Waals surface area contributed by atoms with Gasteiger partial charge in [0.15, 0.2) is 5.60 Å². The molecule has 5 rings (SSSR count). The summed E-state index contributed by atoms with van der Waals surface area (Å²) in [5, 5.41) is 10.3. The van der Waals surface area contributed by atoms with Crippen LogP contribution in [0.1, 0.15) is 121 Å². The Morgan fingerprint density at radius 2 is 1.80 bits per heavy atom. The van der Waals surface area contributed by atoms with E-state index in [-0.39, 0.29) is 5.41 Å². The lowest BCUT2D eigenvalue weighted by Gasteiger charge is -2.30. The summed E-state index contributed by atoms with van der Waals surface area (Å²) in [7, 11) is 0. The fraction of sp³-hybridized carbons (Fsp3) is 0.422. The molecule has 1 aliphatic heterocycles. The van der Waals surface area contributed by atoms with Gasteiger partial charge in [-0.3, -0.25) is 0 Å². The predicted molar refractivity (Wildman–Crippen MR) is 207 cm³/mol. The minimum absolute atomic E-state index is 0.134. The molecule has 49 heavy (non-hydrogen) atoms. The third-order valence-electron chi connectivity index (χ3n) is 10.2. The van der Waals surface area contributed by atoms with Gasteiger partial charge >= 0.3 is 0 Å². The minimum Gasteiger partial charge on any atom is -0.488 e. The van der Waals surface area contributed by atoms with Crippen LogP contribution in [-0.2, 0) is 10.3 Å². The first-order valence-electron chi connectivity index (χ1n) is 18.1. The average Bonchev–Trinajstić information content (AvgIpc) is 3.39. The van der Waals surface area contributed by atoms with Gasteiger partial charge in [0.1, 0.15) is 11.8 Å². The Bertz CT molecular complexity index is 1790. The summed E-state index contributed by atoms with van der Waals surface area (Å²) >= 11 is 1.96. The first-order chi connectivity index (χ1) is 23.6. The topological polar surface area (TPSA) is 37.4 Å². The van der Waals surface area contributed by atoms with Gasteiger partial charge in [0, 0.05) is 10.5 Å². The Labute approximate surface area is 300 Å². The molecule has 1 saturated carbocycles. The molecule has 1 atom stereocenters. The molecule has 2 aliphatic carbocycles. The van der Waals surface area contributed by atoms with Crippen molar-refractivity contribution in [2.75, 3.05) is 5.75 Å². The molecule has 1 unspecified atom stereocenters. The molecule has 0 radical (unpaired) electrons. The molecule has 0 saturated heterocycles. The summed E-state index contributed by atoms with van der Waals surface area (Å²) < 4.78 is 6.57. The van der Waals surface area contributed by atoms with Crippen molar-refractivity contribution < 1.29 is 4.74 Å². The third-order valence-corrected chi connectivity index (χ3v) is 11.5. The van der Waals surface area contributed by atoms with Crippen LogP contribution in [-0.4, -0.2) is 5.75 Å². The number of nitrogens with zero attached hydrogens (tertiary/aromatic N) is 2. The predicted octanol–water partition coefficient (Wildman–Crippen LogP) is 13.1. The number of thioether (sulfide) groups is 1. The second-order valence-corrected chi connectivity index (χ2v) is 16.1. The van der Waals surface area contributed by atoms with Crippen molar-refractivity contribution in [2.45, 2.75) is 116 Å². The van der Waals surface area contributed by atoms with Crippen molar-refractivity contribution in [3.05, 3.63) is 140 Å². The zero-order valence-corrected chi connectivity index (χ0v) is 31.2. The summed E-state index contributed by atoms with van der Waals surface area (Å²) in [6, 6.07) is 18.0. The number of nitriles is 1. The van der Waals surface area contributed by atoms with Crippen LogP contribution in [0.2, 0.25) is 0 Å². The first kappa shape index (κ1) is 36.3. The van der Waals surface area contributed by atoms with Crippen molar-refractivity contribution in [1.82, 2.24) is 0 Å². The highest BCUT2D eigenvalue weighted by molar-refractivity contribution is 7.99. The molecule has 0 N–H and O–H groups in total. The molecule has 0 amide bonds. The minimum atomic E-state index is -0.871. The van der Waals surface area contributed by atoms with Crippen molar-refractivity contribution in [3.8, 4) is 6.07 Å². The molecular formula is C45H52N2OS. The van der Waals surface area contributed by atoms with Crippen molar-refractivity contribution in [3.63, 3.8) is 0 Å². The van der Waals surface area contributed by atoms with E-state index in [2.05, 4.69) is 111 Å². The lowest BCUT2D eigenvalue weighted by Crippen LogP contribution is -2.23. The Kier molecular flexibility index (Phi) is 12.0. The Morgan fingerprint density at radius 1 is 1.04 bits per heavy atom. The lowest BCUT2D eigenvalue weighted by atomic mass is 9.75. The van der Waals surface area contributed by atoms with E-state index in [1.54, 1.807) is 6.92 Å². The Hall–Kier alpha value is -3.99. The van der Waals surface area contributed by atoms with Gasteiger partial charge in [-0.25, -0.2) is 4.85 Å². The second kappa shape index (κ2) is 16.1. The number of unbranched alkanes of at least 4 members (excludes halogenated alkanes) is 1. The zero-order chi connectivity index (χ0) is 35.0. The number of benzene rings is 2. The summed E-state index contributed by atoms with van der Waals surface area (Å²) in [6.07, 6.45) is 24.0. The number of aryl methyl sites for hydroxylation is 1. The highest BCUT2D eigenvalue weighted by Crippen LogP contribution is 2.48. The summed E-state index contributed by atoms with van der Waals surface area (Å²) in [4.78, 5) is 5.02. The van der Waals surface area contributed by atoms with Gasteiger partial charge < -0.3 is 4.74 Å². The SMILES string of the molecule is [C-]#[N+]/C(C)=C1\OC(C)(c2ccc(C3CCCCC3)cc2)C(/C=C/C=C2C=C(/C=C/c3ccc(SCCCC)c(C)c3)CC(C)(C)C/2)=C1C#N. The molecule has 0 spiro atoms. The van der Waals surface area contributed by atoms with E-state index in [1.165, 1.54) is 83.4 Å². The van der Waals surface area contributed by atoms with E-state index in [0.29, 0.717) is 22.9 Å². The third kappa shape index (κ3) is 8.79. The van der Waals surface area contributed by atoms with E-state index in [0.717, 1.165) is 24.0 Å². The van der Waals surface area contributed by atoms with Gasteiger partial charge in [0.05, 0.1) is 12.1 Å². The average molecular weight is 669 g/mol. The normalized spacial score (nSPS) is 23.1. The van der Waals surface area contributed by atoms with Gasteiger partial charge in [-0.15, -0.1) is 11.8 Å². The molecule has 2 aromatic carbocycles. The Morgan fingerprint density at radius 3 is 2.47 bits per heavy atom. The first-order valence-corrected chi connectivity index (χ1v) is 19.1. The molecule has 3 nitrogen and oxygen atoms in total. The molecule has 2 aromatic rings. The lowest BCUT2D eigenvalue weighted by molar-refractivity contribution is 0.0748. The van der Waals surface area contributed by atoms with E-state index in [9.17, 15) is 5.26 Å². The standard InChI is InChI=1S/C45H52N2OS/c1-8-9-26-49-42-25-20-34(27-32(42)2)18-19-36-28-35(29-44(4,5)30-36)14-13-17-41-40(31-46)43(33(3)47-7)48-45(41,6)39-23-21-38(22-24-39)37-15-11-10-12-16-37/h13-14,17-25,27-28,37H,8-12,15-16,26,29-30H2,1-6H3/b17-13+,19-18+,35-14-,43-33-. The van der Waals surface area contributed by atoms with Crippen molar-refractivity contribution >= 4 is 17.8 Å². The molecule has 3 aliphatic rings. The molecule has 0 aromatic heterocycles. The van der Waals surface area contributed by atoms with E-state index in [1.807, 2.05) is 24.8 Å². The fourth-order valence-electron chi connectivity index (χ4n) is 7.51. The molecule has 254 valence electrons. The zero-order valence-electron chi connectivity index (χ0n) is 30.4. The number of hydrogen-bond donors (Lipinski definition) is 0. The molecule has 1 heterocycles. The second-order valence-electron chi connectivity index (χ2n) is 14.9. The number of hydrogen-bond acceptors (Lipinski definition) is 3. The molecule has 1 fully saturated rings. The van der Waals surface area contributed by atoms with Crippen molar-refractivity contribution in [1.29, 1.82) is 5.26 Å². The van der Waals surface area contributed by atoms with E-state index >= 15 is 0 Å². The Balaban J connectivity index is 1.42. The highest BCUT2D eigenvalue weighted by Gasteiger charge is 2.43. The monoisotopic (exact) mass is 668 g/mol. The van der Waals surface area contributed by atoms with Crippen LogP contribution in [0.3, 0.4) is 0 Å². The number of allylic oxidation sites excluding steroid dienone is 8. The summed E-state index contributed by atoms with van der Waals surface area (Å²) in [5.41, 5.74) is 8.42. The highest BCUT2D eigenvalue weighted by atomic mass is 32.2. The maximum Gasteiger partial charge on any atom is 0.204 e. The van der Waals surface area contributed by atoms with Crippen molar-refractivity contribution in [2.24, 2.45) is 5.41 Å². The van der Waals surface area contributed by atoms with Crippen LogP contribution < -0.4 is 0 Å². The number of ether oxygens (including phenoxy) is 1. The van der Waals surface area contributed by atoms with Gasteiger partial charge in [-0.1, -0.05) is 119 Å². The summed E-state index contributed by atoms with van der Waals surface area (Å²) in [5.74, 6) is 2.18. The van der Waals surface area contributed by atoms with Crippen LogP contribution >= 0.6 is 11.8 Å². The molecular weight excluding hydrogens is 617 g/mol. The van der Waals surface area contributed by atoms with Gasteiger partial charge in [-0.05, 0) is 109 Å². The van der Waals surface area contributed by atoms with Crippen LogP contribution in [0, 0.1) is 30.2 Å². The maximum absolute atomic E-state index is 10.3. The fourth-order valence-corrected chi connectivity index (χ4v) is 8.62. The van der Waals surface area contributed by atoms with Gasteiger partial charge in [0.25, 0.3) is 0 Å². The van der Waals surface area contributed by atoms with Crippen LogP contribution in [0.5, 0.6) is 0 Å². The molecule has 0 bridgehead atoms. The van der Waals surface area contributed by atoms with E-state index < -0.39 is 5.60 Å². The van der Waals surface area contributed by atoms with E-state index in [4.69, 9.17) is 11.3 Å². The largest absolute Gasteiger partial charge is 0.488 e. The summed E-state index contributed by atoms with van der Waals surface area (Å²) in [6.45, 7) is 20.5. The van der Waals surface area contributed by atoms with Crippen LogP contribution in [0.25, 0.3) is 10.9 Å². The molecule has 4 heteroatoms. The maximum atomic E-state index is 10.3. The van der Waals surface area contributed by atoms with Gasteiger partial charge in [0.2, 0.25) is 5.70 Å². The van der Waals surface area contributed by atoms with Gasteiger partial charge in [-0.2, -0.15) is 5.26 Å². The smallest absolute Gasteiger partial charge is 0.204 e. The number of rotatable bonds is 10. The van der Waals surface area contributed by atoms with Crippen LogP contribution in [0.4, 0.5) is 0 Å². The van der Waals surface area contributed by atoms with Crippen LogP contribution in [0.15, 0.2) is 111 Å². The quantitative estimate of drug-likeness (QED) is 0.144.